The molecule has 5 N–H and O–H groups in total. The van der Waals surface area contributed by atoms with Gasteiger partial charge in [0.05, 0.1) is 0 Å². The number of hydrogen-bond donors (Lipinski definition) is 3. The Morgan fingerprint density at radius 1 is 1.10 bits per heavy atom. The van der Waals surface area contributed by atoms with Crippen molar-refractivity contribution in [2.75, 3.05) is 16.8 Å². The first-order valence-electron chi connectivity index (χ1n) is 6.26. The monoisotopic (exact) mass is 267 g/mol. The van der Waals surface area contributed by atoms with E-state index in [2.05, 4.69) is 11.9 Å². The molecule has 2 aromatic carbocycles. The van der Waals surface area contributed by atoms with Gasteiger partial charge in [-0.3, -0.25) is 4.79 Å². The predicted molar refractivity (Wildman–Crippen MR) is 83.6 cm³/mol. The van der Waals surface area contributed by atoms with Crippen LogP contribution >= 0.6 is 0 Å². The number of rotatable bonds is 4. The van der Waals surface area contributed by atoms with Crippen LogP contribution in [0.2, 0.25) is 0 Å². The molecule has 0 bridgehead atoms. The number of nitrogen functional groups attached to an aromatic ring is 2. The van der Waals surface area contributed by atoms with E-state index in [1.165, 1.54) is 0 Å². The number of hydrogen-bond acceptors (Lipinski definition) is 3. The SMILES string of the molecule is C=CCc1cc(N)ccc1C(=O)Nc1ccc(N)cc1. The van der Waals surface area contributed by atoms with Crippen molar-refractivity contribution >= 4 is 23.0 Å². The lowest BCUT2D eigenvalue weighted by Gasteiger charge is -2.10. The number of amides is 1. The van der Waals surface area contributed by atoms with Crippen molar-refractivity contribution in [3.8, 4) is 0 Å². The van der Waals surface area contributed by atoms with Gasteiger partial charge in [0, 0.05) is 22.6 Å². The molecule has 4 nitrogen and oxygen atoms in total. The summed E-state index contributed by atoms with van der Waals surface area (Å²) < 4.78 is 0. The Morgan fingerprint density at radius 2 is 1.75 bits per heavy atom. The first-order valence-corrected chi connectivity index (χ1v) is 6.26. The van der Waals surface area contributed by atoms with Crippen molar-refractivity contribution in [1.82, 2.24) is 0 Å². The van der Waals surface area contributed by atoms with Gasteiger partial charge in [-0.15, -0.1) is 6.58 Å². The van der Waals surface area contributed by atoms with Crippen molar-refractivity contribution in [2.24, 2.45) is 0 Å². The fourth-order valence-electron chi connectivity index (χ4n) is 1.92. The number of carbonyl (C=O) groups excluding carboxylic acids is 1. The summed E-state index contributed by atoms with van der Waals surface area (Å²) in [4.78, 5) is 12.3. The molecule has 2 aromatic rings. The van der Waals surface area contributed by atoms with Gasteiger partial charge in [-0.25, -0.2) is 0 Å². The molecule has 0 heterocycles. The molecule has 4 heteroatoms. The summed E-state index contributed by atoms with van der Waals surface area (Å²) in [5, 5.41) is 2.83. The number of allylic oxidation sites excluding steroid dienone is 1. The van der Waals surface area contributed by atoms with Gasteiger partial charge in [-0.1, -0.05) is 6.08 Å². The van der Waals surface area contributed by atoms with E-state index in [1.54, 1.807) is 48.5 Å². The van der Waals surface area contributed by atoms with Gasteiger partial charge in [0.1, 0.15) is 0 Å². The largest absolute Gasteiger partial charge is 0.399 e. The van der Waals surface area contributed by atoms with E-state index >= 15 is 0 Å². The third kappa shape index (κ3) is 3.17. The zero-order valence-corrected chi connectivity index (χ0v) is 11.1. The van der Waals surface area contributed by atoms with Gasteiger partial charge in [-0.05, 0) is 54.4 Å². The maximum Gasteiger partial charge on any atom is 0.255 e. The Balaban J connectivity index is 2.24. The minimum Gasteiger partial charge on any atom is -0.399 e. The lowest BCUT2D eigenvalue weighted by atomic mass is 10.0. The van der Waals surface area contributed by atoms with Crippen LogP contribution in [-0.4, -0.2) is 5.91 Å². The maximum absolute atomic E-state index is 12.3. The Morgan fingerprint density at radius 3 is 2.40 bits per heavy atom. The van der Waals surface area contributed by atoms with Crippen LogP contribution in [0.25, 0.3) is 0 Å². The number of anilines is 3. The van der Waals surface area contributed by atoms with Crippen LogP contribution < -0.4 is 16.8 Å². The Hall–Kier alpha value is -2.75. The average Bonchev–Trinajstić information content (AvgIpc) is 2.42. The number of nitrogens with one attached hydrogen (secondary N) is 1. The molecule has 0 atom stereocenters. The van der Waals surface area contributed by atoms with Crippen LogP contribution in [-0.2, 0) is 6.42 Å². The summed E-state index contributed by atoms with van der Waals surface area (Å²) in [6, 6.07) is 12.2. The predicted octanol–water partition coefficient (Wildman–Crippen LogP) is 2.83. The van der Waals surface area contributed by atoms with Crippen LogP contribution in [0, 0.1) is 0 Å². The Kier molecular flexibility index (Phi) is 4.05. The topological polar surface area (TPSA) is 81.1 Å². The van der Waals surface area contributed by atoms with Crippen molar-refractivity contribution in [3.63, 3.8) is 0 Å². The van der Waals surface area contributed by atoms with Crippen molar-refractivity contribution < 1.29 is 4.79 Å². The zero-order valence-electron chi connectivity index (χ0n) is 11.1. The third-order valence-electron chi connectivity index (χ3n) is 2.91. The molecule has 0 fully saturated rings. The molecule has 0 saturated heterocycles. The van der Waals surface area contributed by atoms with Crippen molar-refractivity contribution in [2.45, 2.75) is 6.42 Å². The molecule has 0 saturated carbocycles. The molecule has 0 spiro atoms. The first kappa shape index (κ1) is 13.7. The molecule has 0 radical (unpaired) electrons. The smallest absolute Gasteiger partial charge is 0.255 e. The second kappa shape index (κ2) is 5.93. The zero-order chi connectivity index (χ0) is 14.5. The summed E-state index contributed by atoms with van der Waals surface area (Å²) in [6.07, 6.45) is 2.34. The van der Waals surface area contributed by atoms with E-state index in [9.17, 15) is 4.79 Å². The first-order chi connectivity index (χ1) is 9.60. The quantitative estimate of drug-likeness (QED) is 0.588. The van der Waals surface area contributed by atoms with E-state index in [0.29, 0.717) is 29.0 Å². The molecule has 102 valence electrons. The molecule has 2 rings (SSSR count). The van der Waals surface area contributed by atoms with Crippen LogP contribution in [0.4, 0.5) is 17.1 Å². The van der Waals surface area contributed by atoms with Gasteiger partial charge in [0.25, 0.3) is 5.91 Å². The van der Waals surface area contributed by atoms with Gasteiger partial charge < -0.3 is 16.8 Å². The molecule has 0 aliphatic carbocycles. The highest BCUT2D eigenvalue weighted by atomic mass is 16.1. The number of benzene rings is 2. The fraction of sp³-hybridized carbons (Fsp3) is 0.0625. The van der Waals surface area contributed by atoms with E-state index in [1.807, 2.05) is 0 Å². The highest BCUT2D eigenvalue weighted by Gasteiger charge is 2.11. The second-order valence-corrected chi connectivity index (χ2v) is 4.49. The van der Waals surface area contributed by atoms with E-state index in [4.69, 9.17) is 11.5 Å². The Labute approximate surface area is 118 Å². The normalized spacial score (nSPS) is 10.0. The summed E-state index contributed by atoms with van der Waals surface area (Å²) in [6.45, 7) is 3.69. The molecule has 20 heavy (non-hydrogen) atoms. The standard InChI is InChI=1S/C16H17N3O/c1-2-3-11-10-13(18)6-9-15(11)16(20)19-14-7-4-12(17)5-8-14/h2,4-10H,1,3,17-18H2,(H,19,20). The van der Waals surface area contributed by atoms with Gasteiger partial charge in [0.2, 0.25) is 0 Å². The van der Waals surface area contributed by atoms with E-state index in [-0.39, 0.29) is 5.91 Å². The molecule has 0 aliphatic rings. The van der Waals surface area contributed by atoms with Crippen LogP contribution in [0.15, 0.2) is 55.1 Å². The van der Waals surface area contributed by atoms with Crippen LogP contribution in [0.5, 0.6) is 0 Å². The van der Waals surface area contributed by atoms with Gasteiger partial charge in [0.15, 0.2) is 0 Å². The number of carbonyl (C=O) groups is 1. The second-order valence-electron chi connectivity index (χ2n) is 4.49. The van der Waals surface area contributed by atoms with Crippen LogP contribution in [0.1, 0.15) is 15.9 Å². The Bertz CT molecular complexity index is 633. The molecule has 0 aliphatic heterocycles. The van der Waals surface area contributed by atoms with E-state index < -0.39 is 0 Å². The minimum atomic E-state index is -0.174. The molecular formula is C16H17N3O. The summed E-state index contributed by atoms with van der Waals surface area (Å²) in [5.74, 6) is -0.174. The summed E-state index contributed by atoms with van der Waals surface area (Å²) in [7, 11) is 0. The fourth-order valence-corrected chi connectivity index (χ4v) is 1.92. The highest BCUT2D eigenvalue weighted by molar-refractivity contribution is 6.05. The minimum absolute atomic E-state index is 0.174. The highest BCUT2D eigenvalue weighted by Crippen LogP contribution is 2.17. The van der Waals surface area contributed by atoms with Crippen molar-refractivity contribution in [1.29, 1.82) is 0 Å². The maximum atomic E-state index is 12.3. The lowest BCUT2D eigenvalue weighted by Crippen LogP contribution is -2.14. The summed E-state index contributed by atoms with van der Waals surface area (Å²) in [5.41, 5.74) is 14.8. The van der Waals surface area contributed by atoms with Gasteiger partial charge in [-0.2, -0.15) is 0 Å². The van der Waals surface area contributed by atoms with Crippen molar-refractivity contribution in [3.05, 3.63) is 66.2 Å². The average molecular weight is 267 g/mol. The number of nitrogens with two attached hydrogens (primary N) is 2. The molecule has 1 amide bonds. The molecule has 0 aromatic heterocycles. The lowest BCUT2D eigenvalue weighted by molar-refractivity contribution is 0.102. The van der Waals surface area contributed by atoms with Gasteiger partial charge >= 0.3 is 0 Å². The van der Waals surface area contributed by atoms with E-state index in [0.717, 1.165) is 5.56 Å². The van der Waals surface area contributed by atoms with Crippen LogP contribution in [0.3, 0.4) is 0 Å². The third-order valence-corrected chi connectivity index (χ3v) is 2.91. The molecule has 0 unspecified atom stereocenters. The summed E-state index contributed by atoms with van der Waals surface area (Å²) >= 11 is 0. The molecular weight excluding hydrogens is 250 g/mol.